The highest BCUT2D eigenvalue weighted by molar-refractivity contribution is 14.1. The lowest BCUT2D eigenvalue weighted by Gasteiger charge is -2.34. The van der Waals surface area contributed by atoms with Crippen molar-refractivity contribution in [1.29, 1.82) is 0 Å². The van der Waals surface area contributed by atoms with E-state index >= 15 is 0 Å². The third-order valence-electron chi connectivity index (χ3n) is 4.21. The van der Waals surface area contributed by atoms with Gasteiger partial charge in [-0.3, -0.25) is 0 Å². The summed E-state index contributed by atoms with van der Waals surface area (Å²) >= 11 is 2.31. The molecule has 21 heavy (non-hydrogen) atoms. The van der Waals surface area contributed by atoms with Crippen LogP contribution in [0.2, 0.25) is 0 Å². The Kier molecular flexibility index (Phi) is 6.88. The van der Waals surface area contributed by atoms with Crippen LogP contribution in [0.25, 0.3) is 0 Å². The lowest BCUT2D eigenvalue weighted by atomic mass is 9.74. The van der Waals surface area contributed by atoms with Gasteiger partial charge < -0.3 is 9.84 Å². The molecule has 0 spiro atoms. The molecule has 0 saturated carbocycles. The smallest absolute Gasteiger partial charge is 0.0803 e. The predicted molar refractivity (Wildman–Crippen MR) is 97.7 cm³/mol. The van der Waals surface area contributed by atoms with Crippen molar-refractivity contribution in [1.82, 2.24) is 0 Å². The van der Waals surface area contributed by atoms with Crippen LogP contribution in [0.15, 0.2) is 36.9 Å². The number of hydrogen-bond donors (Lipinski definition) is 1. The first-order chi connectivity index (χ1) is 9.71. The van der Waals surface area contributed by atoms with Crippen LogP contribution in [-0.4, -0.2) is 23.4 Å². The van der Waals surface area contributed by atoms with E-state index in [0.717, 1.165) is 12.8 Å². The first-order valence-electron chi connectivity index (χ1n) is 7.43. The summed E-state index contributed by atoms with van der Waals surface area (Å²) in [5, 5.41) is 10.3. The molecule has 118 valence electrons. The molecule has 1 aromatic carbocycles. The molecule has 0 aliphatic carbocycles. The third-order valence-corrected chi connectivity index (χ3v) is 4.88. The highest BCUT2D eigenvalue weighted by Crippen LogP contribution is 2.33. The van der Waals surface area contributed by atoms with Crippen molar-refractivity contribution in [2.24, 2.45) is 0 Å². The molecular weight excluding hydrogens is 375 g/mol. The molecule has 1 N–H and O–H groups in total. The molecule has 0 aliphatic rings. The van der Waals surface area contributed by atoms with Crippen molar-refractivity contribution in [3.05, 3.63) is 46.1 Å². The van der Waals surface area contributed by atoms with Crippen molar-refractivity contribution >= 4 is 22.6 Å². The highest BCUT2D eigenvalue weighted by atomic mass is 127. The van der Waals surface area contributed by atoms with Crippen LogP contribution in [0.5, 0.6) is 0 Å². The van der Waals surface area contributed by atoms with E-state index in [-0.39, 0.29) is 11.0 Å². The van der Waals surface area contributed by atoms with Crippen LogP contribution in [0.4, 0.5) is 0 Å². The summed E-state index contributed by atoms with van der Waals surface area (Å²) in [6, 6.07) is 8.38. The summed E-state index contributed by atoms with van der Waals surface area (Å²) in [5.74, 6) is 0. The molecule has 2 atom stereocenters. The van der Waals surface area contributed by atoms with E-state index in [1.54, 1.807) is 0 Å². The molecule has 1 rings (SSSR count). The van der Waals surface area contributed by atoms with Gasteiger partial charge in [0.1, 0.15) is 0 Å². The topological polar surface area (TPSA) is 29.5 Å². The summed E-state index contributed by atoms with van der Waals surface area (Å²) in [5.41, 5.74) is 0.652. The van der Waals surface area contributed by atoms with Gasteiger partial charge in [0.2, 0.25) is 0 Å². The average molecular weight is 402 g/mol. The lowest BCUT2D eigenvalue weighted by molar-refractivity contribution is 0.0111. The number of ether oxygens (including phenoxy) is 1. The third kappa shape index (κ3) is 5.38. The van der Waals surface area contributed by atoms with Crippen molar-refractivity contribution in [2.45, 2.75) is 57.7 Å². The normalized spacial score (nSPS) is 16.3. The van der Waals surface area contributed by atoms with Crippen LogP contribution < -0.4 is 0 Å². The monoisotopic (exact) mass is 402 g/mol. The van der Waals surface area contributed by atoms with E-state index in [1.807, 2.05) is 26.8 Å². The fourth-order valence-electron chi connectivity index (χ4n) is 2.27. The Morgan fingerprint density at radius 2 is 2.05 bits per heavy atom. The largest absolute Gasteiger partial charge is 0.393 e. The first kappa shape index (κ1) is 18.7. The number of aliphatic hydroxyl groups excluding tert-OH is 1. The van der Waals surface area contributed by atoms with Gasteiger partial charge in [-0.25, -0.2) is 0 Å². The van der Waals surface area contributed by atoms with E-state index < -0.39 is 6.10 Å². The van der Waals surface area contributed by atoms with Gasteiger partial charge in [0.05, 0.1) is 11.7 Å². The van der Waals surface area contributed by atoms with Crippen molar-refractivity contribution in [2.75, 3.05) is 6.61 Å². The van der Waals surface area contributed by atoms with Gasteiger partial charge in [0.25, 0.3) is 0 Å². The van der Waals surface area contributed by atoms with Gasteiger partial charge in [-0.05, 0) is 73.9 Å². The zero-order chi connectivity index (χ0) is 16.1. The fraction of sp³-hybridized carbons (Fsp3) is 0.556. The SMILES string of the molecule is C=CC(C)(C)OCCCC(C)(c1cccc(I)c1)C(C)O. The molecule has 0 saturated heterocycles. The van der Waals surface area contributed by atoms with E-state index in [9.17, 15) is 5.11 Å². The van der Waals surface area contributed by atoms with E-state index in [4.69, 9.17) is 4.74 Å². The van der Waals surface area contributed by atoms with Gasteiger partial charge in [-0.1, -0.05) is 25.1 Å². The quantitative estimate of drug-likeness (QED) is 0.388. The summed E-state index contributed by atoms with van der Waals surface area (Å²) in [4.78, 5) is 0. The Labute approximate surface area is 142 Å². The van der Waals surface area contributed by atoms with Crippen LogP contribution in [0, 0.1) is 3.57 Å². The second-order valence-corrected chi connectivity index (χ2v) is 7.61. The van der Waals surface area contributed by atoms with Gasteiger partial charge in [-0.15, -0.1) is 6.58 Å². The lowest BCUT2D eigenvalue weighted by Crippen LogP contribution is -2.35. The van der Waals surface area contributed by atoms with Crippen molar-refractivity contribution < 1.29 is 9.84 Å². The predicted octanol–water partition coefficient (Wildman–Crippen LogP) is 4.69. The van der Waals surface area contributed by atoms with Crippen molar-refractivity contribution in [3.63, 3.8) is 0 Å². The van der Waals surface area contributed by atoms with E-state index in [1.165, 1.54) is 9.13 Å². The van der Waals surface area contributed by atoms with E-state index in [2.05, 4.69) is 60.4 Å². The molecule has 0 amide bonds. The zero-order valence-corrected chi connectivity index (χ0v) is 15.7. The standard InChI is InChI=1S/C18H27IO2/c1-6-17(3,4)21-12-8-11-18(5,14(2)20)15-9-7-10-16(19)13-15/h6-7,9-10,13-14,20H,1,8,11-12H2,2-5H3. The molecule has 2 nitrogen and oxygen atoms in total. The molecule has 0 aromatic heterocycles. The molecule has 0 aliphatic heterocycles. The van der Waals surface area contributed by atoms with E-state index in [0.29, 0.717) is 6.61 Å². The Morgan fingerprint density at radius 3 is 2.57 bits per heavy atom. The molecular formula is C18H27IO2. The molecule has 0 fully saturated rings. The second-order valence-electron chi connectivity index (χ2n) is 6.36. The number of benzene rings is 1. The zero-order valence-electron chi connectivity index (χ0n) is 13.5. The van der Waals surface area contributed by atoms with Crippen LogP contribution in [-0.2, 0) is 10.2 Å². The minimum atomic E-state index is -0.400. The fourth-order valence-corrected chi connectivity index (χ4v) is 2.81. The maximum atomic E-state index is 10.3. The van der Waals surface area contributed by atoms with Crippen LogP contribution >= 0.6 is 22.6 Å². The minimum absolute atomic E-state index is 0.247. The maximum absolute atomic E-state index is 10.3. The van der Waals surface area contributed by atoms with Gasteiger partial charge >= 0.3 is 0 Å². The summed E-state index contributed by atoms with van der Waals surface area (Å²) < 4.78 is 7.01. The highest BCUT2D eigenvalue weighted by Gasteiger charge is 2.31. The first-order valence-corrected chi connectivity index (χ1v) is 8.51. The molecule has 3 heteroatoms. The molecule has 0 bridgehead atoms. The molecule has 2 unspecified atom stereocenters. The second kappa shape index (κ2) is 7.75. The van der Waals surface area contributed by atoms with Crippen molar-refractivity contribution in [3.8, 4) is 0 Å². The number of aliphatic hydroxyl groups is 1. The number of halogens is 1. The Morgan fingerprint density at radius 1 is 1.38 bits per heavy atom. The molecule has 1 aromatic rings. The molecule has 0 radical (unpaired) electrons. The summed E-state index contributed by atoms with van der Waals surface area (Å²) in [6.45, 7) is 12.5. The van der Waals surface area contributed by atoms with Crippen LogP contribution in [0.3, 0.4) is 0 Å². The number of hydrogen-bond acceptors (Lipinski definition) is 2. The Balaban J connectivity index is 2.72. The van der Waals surface area contributed by atoms with Crippen LogP contribution in [0.1, 0.15) is 46.1 Å². The number of rotatable bonds is 8. The minimum Gasteiger partial charge on any atom is -0.393 e. The average Bonchev–Trinajstić information content (AvgIpc) is 2.43. The molecule has 0 heterocycles. The summed E-state index contributed by atoms with van der Waals surface area (Å²) in [6.07, 6.45) is 3.21. The van der Waals surface area contributed by atoms with Gasteiger partial charge in [0, 0.05) is 15.6 Å². The van der Waals surface area contributed by atoms with Gasteiger partial charge in [0.15, 0.2) is 0 Å². The maximum Gasteiger partial charge on any atom is 0.0803 e. The Bertz CT molecular complexity index is 468. The Hall–Kier alpha value is -0.390. The van der Waals surface area contributed by atoms with Gasteiger partial charge in [-0.2, -0.15) is 0 Å². The summed E-state index contributed by atoms with van der Waals surface area (Å²) in [7, 11) is 0.